The number of carbonyl (C=O) groups is 2. The summed E-state index contributed by atoms with van der Waals surface area (Å²) >= 11 is 0. The van der Waals surface area contributed by atoms with Gasteiger partial charge in [0.2, 0.25) is 0 Å². The third-order valence-corrected chi connectivity index (χ3v) is 7.71. The first kappa shape index (κ1) is 40.0. The molecule has 0 aromatic carbocycles. The van der Waals surface area contributed by atoms with Gasteiger partial charge in [-0.1, -0.05) is 162 Å². The second kappa shape index (κ2) is 34.9. The number of aliphatic carboxylic acids is 2. The Morgan fingerprint density at radius 2 is 0.795 bits per heavy atom. The molecule has 5 heteroatoms. The van der Waals surface area contributed by atoms with Crippen molar-refractivity contribution in [3.8, 4) is 0 Å². The van der Waals surface area contributed by atoms with E-state index in [2.05, 4.69) is 13.8 Å². The Labute approximate surface area is 242 Å². The van der Waals surface area contributed by atoms with Crippen molar-refractivity contribution in [2.24, 2.45) is 5.92 Å². The van der Waals surface area contributed by atoms with Gasteiger partial charge >= 0.3 is 11.9 Å². The summed E-state index contributed by atoms with van der Waals surface area (Å²) in [5.74, 6) is -1.24. The monoisotopic (exact) mass is 557 g/mol. The largest absolute Gasteiger partial charge is 0.481 e. The number of hydrogen-bond acceptors (Lipinski definition) is 3. The standard InChI is InChI=1S/C18H36O2.C16H32O3/c1-2-3-4-5-6-7-8-9-10-11-12-13-14-15-16-17-18(19)20;1-2-3-4-5-6-7-8-9-10-11-15(12-13-17)14-16(18)19/h2-17H2,1H3,(H,19,20);15,17H,2-14H2,1H3,(H,18,19). The molecule has 0 saturated heterocycles. The quantitative estimate of drug-likeness (QED) is 0.0765. The Bertz CT molecular complexity index is 494. The van der Waals surface area contributed by atoms with E-state index in [1.54, 1.807) is 0 Å². The van der Waals surface area contributed by atoms with E-state index >= 15 is 0 Å². The van der Waals surface area contributed by atoms with Crippen LogP contribution in [0.3, 0.4) is 0 Å². The van der Waals surface area contributed by atoms with Gasteiger partial charge in [-0.05, 0) is 25.2 Å². The molecule has 0 aliphatic rings. The van der Waals surface area contributed by atoms with Gasteiger partial charge in [0.15, 0.2) is 0 Å². The molecule has 234 valence electrons. The molecule has 0 bridgehead atoms. The Hall–Kier alpha value is -1.10. The zero-order chi connectivity index (χ0) is 29.2. The number of aliphatic hydroxyl groups is 1. The molecule has 3 N–H and O–H groups in total. The predicted octanol–water partition coefficient (Wildman–Crippen LogP) is 10.7. The average molecular weight is 557 g/mol. The Morgan fingerprint density at radius 1 is 0.462 bits per heavy atom. The maximum absolute atomic E-state index is 10.7. The van der Waals surface area contributed by atoms with Crippen LogP contribution in [0.25, 0.3) is 0 Å². The van der Waals surface area contributed by atoms with E-state index in [1.165, 1.54) is 135 Å². The van der Waals surface area contributed by atoms with E-state index in [1.807, 2.05) is 0 Å². The van der Waals surface area contributed by atoms with Crippen molar-refractivity contribution in [2.75, 3.05) is 6.61 Å². The molecule has 5 nitrogen and oxygen atoms in total. The fourth-order valence-corrected chi connectivity index (χ4v) is 5.17. The van der Waals surface area contributed by atoms with Gasteiger partial charge in [-0.3, -0.25) is 9.59 Å². The molecule has 1 unspecified atom stereocenters. The lowest BCUT2D eigenvalue weighted by molar-refractivity contribution is -0.138. The van der Waals surface area contributed by atoms with E-state index in [-0.39, 0.29) is 18.9 Å². The predicted molar refractivity (Wildman–Crippen MR) is 166 cm³/mol. The van der Waals surface area contributed by atoms with Gasteiger partial charge in [-0.15, -0.1) is 0 Å². The zero-order valence-corrected chi connectivity index (χ0v) is 26.2. The molecule has 0 heterocycles. The van der Waals surface area contributed by atoms with Crippen LogP contribution in [0.2, 0.25) is 0 Å². The number of unbranched alkanes of at least 4 members (excludes halogenated alkanes) is 22. The summed E-state index contributed by atoms with van der Waals surface area (Å²) in [7, 11) is 0. The fraction of sp³-hybridized carbons (Fsp3) is 0.941. The topological polar surface area (TPSA) is 94.8 Å². The van der Waals surface area contributed by atoms with Crippen LogP contribution in [0.4, 0.5) is 0 Å². The number of hydrogen-bond donors (Lipinski definition) is 3. The van der Waals surface area contributed by atoms with Crippen LogP contribution in [0, 0.1) is 5.92 Å². The molecule has 0 fully saturated rings. The van der Waals surface area contributed by atoms with E-state index in [0.717, 1.165) is 25.7 Å². The first-order valence-electron chi connectivity index (χ1n) is 17.0. The maximum atomic E-state index is 10.7. The molecular weight excluding hydrogens is 488 g/mol. The molecule has 0 amide bonds. The second-order valence-corrected chi connectivity index (χ2v) is 11.7. The molecular formula is C34H68O5. The number of carboxylic acids is 2. The van der Waals surface area contributed by atoms with Crippen LogP contribution in [-0.2, 0) is 9.59 Å². The van der Waals surface area contributed by atoms with Crippen molar-refractivity contribution in [1.82, 2.24) is 0 Å². The van der Waals surface area contributed by atoms with Gasteiger partial charge in [0.25, 0.3) is 0 Å². The molecule has 0 radical (unpaired) electrons. The fourth-order valence-electron chi connectivity index (χ4n) is 5.17. The molecule has 0 saturated carbocycles. The second-order valence-electron chi connectivity index (χ2n) is 11.7. The minimum absolute atomic E-state index is 0.107. The Balaban J connectivity index is 0. The molecule has 0 aromatic heterocycles. The van der Waals surface area contributed by atoms with Crippen LogP contribution in [0.1, 0.15) is 194 Å². The van der Waals surface area contributed by atoms with Crippen LogP contribution < -0.4 is 0 Å². The summed E-state index contributed by atoms with van der Waals surface area (Å²) in [6, 6.07) is 0. The van der Waals surface area contributed by atoms with Crippen molar-refractivity contribution in [3.63, 3.8) is 0 Å². The Morgan fingerprint density at radius 3 is 1.10 bits per heavy atom. The zero-order valence-electron chi connectivity index (χ0n) is 26.2. The molecule has 0 rings (SSSR count). The van der Waals surface area contributed by atoms with Crippen LogP contribution >= 0.6 is 0 Å². The number of aliphatic hydroxyl groups excluding tert-OH is 1. The highest BCUT2D eigenvalue weighted by molar-refractivity contribution is 5.67. The smallest absolute Gasteiger partial charge is 0.303 e. The summed E-state index contributed by atoms with van der Waals surface area (Å²) in [5.41, 5.74) is 0. The normalized spacial score (nSPS) is 11.7. The maximum Gasteiger partial charge on any atom is 0.303 e. The van der Waals surface area contributed by atoms with Gasteiger partial charge in [0.05, 0.1) is 0 Å². The lowest BCUT2D eigenvalue weighted by Crippen LogP contribution is -2.09. The minimum Gasteiger partial charge on any atom is -0.481 e. The van der Waals surface area contributed by atoms with Crippen molar-refractivity contribution < 1.29 is 24.9 Å². The lowest BCUT2D eigenvalue weighted by Gasteiger charge is -2.12. The number of carboxylic acid groups (broad SMARTS) is 2. The summed E-state index contributed by atoms with van der Waals surface area (Å²) in [4.78, 5) is 21.0. The highest BCUT2D eigenvalue weighted by atomic mass is 16.4. The molecule has 0 aliphatic heterocycles. The van der Waals surface area contributed by atoms with Crippen molar-refractivity contribution >= 4 is 11.9 Å². The third kappa shape index (κ3) is 39.1. The van der Waals surface area contributed by atoms with Gasteiger partial charge < -0.3 is 15.3 Å². The highest BCUT2D eigenvalue weighted by Crippen LogP contribution is 2.19. The summed E-state index contributed by atoms with van der Waals surface area (Å²) < 4.78 is 0. The van der Waals surface area contributed by atoms with E-state index in [0.29, 0.717) is 12.8 Å². The van der Waals surface area contributed by atoms with Crippen molar-refractivity contribution in [3.05, 3.63) is 0 Å². The minimum atomic E-state index is -0.741. The summed E-state index contributed by atoms with van der Waals surface area (Å²) in [6.07, 6.45) is 33.6. The van der Waals surface area contributed by atoms with Gasteiger partial charge in [0, 0.05) is 19.4 Å². The number of rotatable bonds is 30. The molecule has 0 aromatic rings. The Kier molecular flexibility index (Phi) is 35.9. The van der Waals surface area contributed by atoms with Gasteiger partial charge in [0.1, 0.15) is 0 Å². The van der Waals surface area contributed by atoms with Crippen LogP contribution in [0.5, 0.6) is 0 Å². The SMILES string of the molecule is CCCCCCCCCCCC(CCO)CC(=O)O.CCCCCCCCCCCCCCCCCC(=O)O. The van der Waals surface area contributed by atoms with E-state index in [4.69, 9.17) is 15.3 Å². The van der Waals surface area contributed by atoms with E-state index in [9.17, 15) is 9.59 Å². The van der Waals surface area contributed by atoms with Crippen LogP contribution in [-0.4, -0.2) is 33.9 Å². The van der Waals surface area contributed by atoms with Gasteiger partial charge in [-0.2, -0.15) is 0 Å². The van der Waals surface area contributed by atoms with Gasteiger partial charge in [-0.25, -0.2) is 0 Å². The molecule has 0 spiro atoms. The first-order chi connectivity index (χ1) is 19.0. The van der Waals surface area contributed by atoms with Crippen LogP contribution in [0.15, 0.2) is 0 Å². The summed E-state index contributed by atoms with van der Waals surface area (Å²) in [6.45, 7) is 4.61. The molecule has 0 aliphatic carbocycles. The van der Waals surface area contributed by atoms with Crippen molar-refractivity contribution in [1.29, 1.82) is 0 Å². The lowest BCUT2D eigenvalue weighted by atomic mass is 9.94. The third-order valence-electron chi connectivity index (χ3n) is 7.71. The average Bonchev–Trinajstić information content (AvgIpc) is 2.90. The summed E-state index contributed by atoms with van der Waals surface area (Å²) in [5, 5.41) is 26.2. The van der Waals surface area contributed by atoms with E-state index < -0.39 is 11.9 Å². The van der Waals surface area contributed by atoms with Crippen molar-refractivity contribution in [2.45, 2.75) is 194 Å². The molecule has 39 heavy (non-hydrogen) atoms. The highest BCUT2D eigenvalue weighted by Gasteiger charge is 2.12. The molecule has 1 atom stereocenters. The first-order valence-corrected chi connectivity index (χ1v) is 17.0.